The maximum Gasteiger partial charge on any atom is 0.410 e. The minimum atomic E-state index is -3.95. The van der Waals surface area contributed by atoms with Crippen molar-refractivity contribution in [1.29, 1.82) is 0 Å². The monoisotopic (exact) mass is 658 g/mol. The number of nitrogens with zero attached hydrogens (tertiary/aromatic N) is 8. The van der Waals surface area contributed by atoms with Crippen LogP contribution in [0.1, 0.15) is 108 Å². The standard InChI is InChI=1S/C29H38N8O3.C4H7F3/c1-7-8-22-25-26(31-18(3)24(33-25)20-13-36(14-20)28(38)40-29(4,5)6)34-27(32-22)35-12-17(2)39-23(16-35)19-11-30-37(15-19)21-9-10-21;1-2-3-4(5,6)7/h7-8,11,15,17,20-21,23H,9-10,12-14,16H2,1-6H3;2-3H2,1H3/b8-7+;. The smallest absolute Gasteiger partial charge is 0.410 e. The van der Waals surface area contributed by atoms with Gasteiger partial charge in [-0.25, -0.2) is 19.7 Å². The quantitative estimate of drug-likeness (QED) is 0.278. The van der Waals surface area contributed by atoms with E-state index in [-0.39, 0.29) is 30.6 Å². The summed E-state index contributed by atoms with van der Waals surface area (Å²) in [6, 6.07) is 0.533. The van der Waals surface area contributed by atoms with Gasteiger partial charge in [0.15, 0.2) is 5.65 Å². The summed E-state index contributed by atoms with van der Waals surface area (Å²) in [6.07, 6.45) is 5.52. The van der Waals surface area contributed by atoms with E-state index in [0.29, 0.717) is 49.3 Å². The lowest BCUT2D eigenvalue weighted by molar-refractivity contribution is -0.134. The number of halogens is 3. The van der Waals surface area contributed by atoms with Gasteiger partial charge in [-0.3, -0.25) is 4.68 Å². The molecule has 2 saturated heterocycles. The number of ether oxygens (including phenoxy) is 2. The highest BCUT2D eigenvalue weighted by Crippen LogP contribution is 2.36. The van der Waals surface area contributed by atoms with Gasteiger partial charge in [-0.2, -0.15) is 23.3 Å². The maximum absolute atomic E-state index is 12.4. The Morgan fingerprint density at radius 1 is 1.09 bits per heavy atom. The third-order valence-corrected chi connectivity index (χ3v) is 7.99. The van der Waals surface area contributed by atoms with E-state index in [4.69, 9.17) is 29.4 Å². The molecule has 3 fully saturated rings. The Balaban J connectivity index is 0.000000559. The number of carbonyl (C=O) groups excluding carboxylic acids is 1. The number of amides is 1. The lowest BCUT2D eigenvalue weighted by atomic mass is 9.95. The van der Waals surface area contributed by atoms with Crippen molar-refractivity contribution in [1.82, 2.24) is 34.6 Å². The molecule has 2 aliphatic heterocycles. The molecule has 0 spiro atoms. The Kier molecular flexibility index (Phi) is 10.1. The molecule has 0 bridgehead atoms. The van der Waals surface area contributed by atoms with Gasteiger partial charge in [0.05, 0.1) is 42.0 Å². The average Bonchev–Trinajstić information content (AvgIpc) is 3.67. The predicted molar refractivity (Wildman–Crippen MR) is 172 cm³/mol. The van der Waals surface area contributed by atoms with Crippen molar-refractivity contribution >= 4 is 29.3 Å². The molecule has 14 heteroatoms. The van der Waals surface area contributed by atoms with E-state index in [2.05, 4.69) is 27.8 Å². The van der Waals surface area contributed by atoms with E-state index in [1.54, 1.807) is 4.90 Å². The fraction of sp³-hybridized carbons (Fsp3) is 0.636. The van der Waals surface area contributed by atoms with Crippen molar-refractivity contribution in [2.24, 2.45) is 0 Å². The van der Waals surface area contributed by atoms with E-state index in [1.807, 2.05) is 53.0 Å². The molecule has 1 saturated carbocycles. The molecule has 256 valence electrons. The number of anilines is 1. The molecule has 2 unspecified atom stereocenters. The molecule has 1 aliphatic carbocycles. The third-order valence-electron chi connectivity index (χ3n) is 7.99. The molecular weight excluding hydrogens is 613 g/mol. The first-order valence-corrected chi connectivity index (χ1v) is 16.3. The zero-order valence-corrected chi connectivity index (χ0v) is 28.2. The Bertz CT molecular complexity index is 1590. The van der Waals surface area contributed by atoms with Gasteiger partial charge >= 0.3 is 12.3 Å². The number of carbonyl (C=O) groups is 1. The molecule has 11 nitrogen and oxygen atoms in total. The number of aryl methyl sites for hydroxylation is 1. The predicted octanol–water partition coefficient (Wildman–Crippen LogP) is 6.94. The van der Waals surface area contributed by atoms with E-state index in [9.17, 15) is 18.0 Å². The fourth-order valence-electron chi connectivity index (χ4n) is 5.62. The topological polar surface area (TPSA) is 111 Å². The number of hydrogen-bond donors (Lipinski definition) is 0. The number of allylic oxidation sites excluding steroid dienone is 1. The first-order valence-electron chi connectivity index (χ1n) is 16.3. The molecule has 1 amide bonds. The summed E-state index contributed by atoms with van der Waals surface area (Å²) in [5, 5.41) is 4.56. The largest absolute Gasteiger partial charge is 0.444 e. The zero-order valence-electron chi connectivity index (χ0n) is 28.2. The number of fused-ring (bicyclic) bond motifs is 1. The number of alkyl halides is 3. The number of rotatable bonds is 6. The Hall–Kier alpha value is -3.81. The van der Waals surface area contributed by atoms with Gasteiger partial charge in [-0.05, 0) is 66.9 Å². The highest BCUT2D eigenvalue weighted by atomic mass is 19.4. The van der Waals surface area contributed by atoms with E-state index in [0.717, 1.165) is 22.6 Å². The van der Waals surface area contributed by atoms with Crippen LogP contribution in [-0.4, -0.2) is 84.8 Å². The van der Waals surface area contributed by atoms with E-state index in [1.165, 1.54) is 19.8 Å². The minimum absolute atomic E-state index is 0.00854. The molecule has 47 heavy (non-hydrogen) atoms. The zero-order chi connectivity index (χ0) is 34.1. The Labute approximate surface area is 273 Å². The van der Waals surface area contributed by atoms with Crippen LogP contribution >= 0.6 is 0 Å². The maximum atomic E-state index is 12.4. The molecule has 3 aromatic rings. The van der Waals surface area contributed by atoms with Crippen LogP contribution in [0.15, 0.2) is 18.5 Å². The summed E-state index contributed by atoms with van der Waals surface area (Å²) in [4.78, 5) is 36.0. The number of morpholine rings is 1. The Morgan fingerprint density at radius 3 is 2.40 bits per heavy atom. The summed E-state index contributed by atoms with van der Waals surface area (Å²) in [5.41, 5.74) is 4.23. The summed E-state index contributed by atoms with van der Waals surface area (Å²) < 4.78 is 47.0. The van der Waals surface area contributed by atoms with Crippen LogP contribution < -0.4 is 4.90 Å². The highest BCUT2D eigenvalue weighted by molar-refractivity contribution is 5.81. The first-order chi connectivity index (χ1) is 22.1. The van der Waals surface area contributed by atoms with Crippen molar-refractivity contribution in [3.8, 4) is 0 Å². The molecule has 5 heterocycles. The lowest BCUT2D eigenvalue weighted by Gasteiger charge is -2.39. The fourth-order valence-corrected chi connectivity index (χ4v) is 5.62. The van der Waals surface area contributed by atoms with Gasteiger partial charge in [-0.1, -0.05) is 13.0 Å². The Morgan fingerprint density at radius 2 is 1.81 bits per heavy atom. The average molecular weight is 659 g/mol. The molecule has 2 atom stereocenters. The van der Waals surface area contributed by atoms with Crippen molar-refractivity contribution in [2.75, 3.05) is 31.1 Å². The SMILES string of the molecule is C/C=C/c1nc(N2CC(C)OC(c3cnn(C4CC4)c3)C2)nc2nc(C)c(C3CN(C(=O)OC(C)(C)C)C3)nc12.CCCC(F)(F)F. The van der Waals surface area contributed by atoms with Gasteiger partial charge in [0.1, 0.15) is 17.2 Å². The molecular formula is C33H45F3N8O3. The van der Waals surface area contributed by atoms with Gasteiger partial charge in [-0.15, -0.1) is 0 Å². The molecule has 0 N–H and O–H groups in total. The van der Waals surface area contributed by atoms with Crippen LogP contribution in [0.2, 0.25) is 0 Å². The molecule has 6 rings (SSSR count). The number of likely N-dealkylation sites (tertiary alicyclic amines) is 1. The summed E-state index contributed by atoms with van der Waals surface area (Å²) in [5.74, 6) is 0.719. The van der Waals surface area contributed by atoms with Crippen LogP contribution in [0, 0.1) is 6.92 Å². The van der Waals surface area contributed by atoms with Gasteiger partial charge < -0.3 is 19.3 Å². The van der Waals surface area contributed by atoms with Crippen LogP contribution in [-0.2, 0) is 9.47 Å². The normalized spacial score (nSPS) is 20.7. The molecule has 0 radical (unpaired) electrons. The number of hydrogen-bond acceptors (Lipinski definition) is 9. The summed E-state index contributed by atoms with van der Waals surface area (Å²) in [7, 11) is 0. The molecule has 3 aliphatic rings. The van der Waals surface area contributed by atoms with Gasteiger partial charge in [0.25, 0.3) is 0 Å². The van der Waals surface area contributed by atoms with E-state index >= 15 is 0 Å². The summed E-state index contributed by atoms with van der Waals surface area (Å²) >= 11 is 0. The lowest BCUT2D eigenvalue weighted by Crippen LogP contribution is -2.50. The van der Waals surface area contributed by atoms with E-state index < -0.39 is 18.2 Å². The first kappa shape index (κ1) is 34.5. The van der Waals surface area contributed by atoms with Crippen molar-refractivity contribution in [2.45, 2.75) is 110 Å². The van der Waals surface area contributed by atoms with Crippen LogP contribution in [0.3, 0.4) is 0 Å². The van der Waals surface area contributed by atoms with Crippen molar-refractivity contribution in [3.05, 3.63) is 41.1 Å². The number of aromatic nitrogens is 6. The minimum Gasteiger partial charge on any atom is -0.444 e. The third kappa shape index (κ3) is 8.76. The van der Waals surface area contributed by atoms with Crippen molar-refractivity contribution < 1.29 is 27.4 Å². The van der Waals surface area contributed by atoms with Crippen LogP contribution in [0.5, 0.6) is 0 Å². The van der Waals surface area contributed by atoms with Gasteiger partial charge in [0.2, 0.25) is 5.95 Å². The van der Waals surface area contributed by atoms with Gasteiger partial charge in [0, 0.05) is 43.7 Å². The molecule has 3 aromatic heterocycles. The second kappa shape index (κ2) is 13.7. The second-order valence-corrected chi connectivity index (χ2v) is 13.5. The molecule has 0 aromatic carbocycles. The second-order valence-electron chi connectivity index (χ2n) is 13.5. The van der Waals surface area contributed by atoms with Crippen molar-refractivity contribution in [3.63, 3.8) is 0 Å². The van der Waals surface area contributed by atoms with Crippen LogP contribution in [0.25, 0.3) is 17.2 Å². The highest BCUT2D eigenvalue weighted by Gasteiger charge is 2.37. The van der Waals surface area contributed by atoms with Crippen LogP contribution in [0.4, 0.5) is 23.9 Å². The summed E-state index contributed by atoms with van der Waals surface area (Å²) in [6.45, 7) is 15.5.